The lowest BCUT2D eigenvalue weighted by molar-refractivity contribution is 0.299. The van der Waals surface area contributed by atoms with E-state index in [1.165, 1.54) is 22.2 Å². The predicted molar refractivity (Wildman–Crippen MR) is 101 cm³/mol. The Morgan fingerprint density at radius 3 is 2.72 bits per heavy atom. The normalized spacial score (nSPS) is 11.5. The first kappa shape index (κ1) is 16.2. The number of aryl methyl sites for hydroxylation is 1. The van der Waals surface area contributed by atoms with Gasteiger partial charge in [0, 0.05) is 12.8 Å². The second-order valence-corrected chi connectivity index (χ2v) is 7.16. The molecule has 0 aliphatic heterocycles. The van der Waals surface area contributed by atoms with Crippen LogP contribution in [0.4, 0.5) is 0 Å². The van der Waals surface area contributed by atoms with E-state index in [1.54, 1.807) is 6.20 Å². The van der Waals surface area contributed by atoms with Crippen molar-refractivity contribution < 1.29 is 5.11 Å². The summed E-state index contributed by atoms with van der Waals surface area (Å²) in [6, 6.07) is 7.69. The number of rotatable bonds is 3. The molecule has 4 aromatic rings. The van der Waals surface area contributed by atoms with Crippen LogP contribution in [0.5, 0.6) is 0 Å². The zero-order valence-corrected chi connectivity index (χ0v) is 14.9. The molecular weight excluding hydrogens is 358 g/mol. The molecule has 0 radical (unpaired) electrons. The highest BCUT2D eigenvalue weighted by Gasteiger charge is 2.17. The van der Waals surface area contributed by atoms with Gasteiger partial charge < -0.3 is 5.11 Å². The number of hydrogen-bond acceptors (Lipinski definition) is 5. The number of nitrogens with zero attached hydrogens (tertiary/aromatic N) is 3. The third-order valence-corrected chi connectivity index (χ3v) is 5.62. The summed E-state index contributed by atoms with van der Waals surface area (Å²) < 4.78 is 2.05. The standard InChI is InChI=1S/C18H14ClN3O2S/c1-10-2-4-12(5-3-10)22-9-21-15-13-14(19)11(6-7-23)8-20-17(13)25-16(15)18(22)24/h2-5,8-9,23H,6-7H2,1H3. The largest absolute Gasteiger partial charge is 0.396 e. The Hall–Kier alpha value is -2.28. The van der Waals surface area contributed by atoms with Crippen molar-refractivity contribution in [3.8, 4) is 5.69 Å². The van der Waals surface area contributed by atoms with Crippen molar-refractivity contribution in [2.75, 3.05) is 6.61 Å². The van der Waals surface area contributed by atoms with Crippen LogP contribution in [0.2, 0.25) is 5.02 Å². The second-order valence-electron chi connectivity index (χ2n) is 5.79. The average Bonchev–Trinajstić information content (AvgIpc) is 2.99. The van der Waals surface area contributed by atoms with Gasteiger partial charge >= 0.3 is 0 Å². The van der Waals surface area contributed by atoms with E-state index in [9.17, 15) is 4.79 Å². The highest BCUT2D eigenvalue weighted by atomic mass is 35.5. The molecule has 0 bridgehead atoms. The predicted octanol–water partition coefficient (Wildman–Crippen LogP) is 3.49. The molecule has 5 nitrogen and oxygen atoms in total. The van der Waals surface area contributed by atoms with Crippen molar-refractivity contribution in [2.24, 2.45) is 0 Å². The smallest absolute Gasteiger partial charge is 0.275 e. The average molecular weight is 372 g/mol. The SMILES string of the molecule is Cc1ccc(-n2cnc3c(sc4ncc(CCO)c(Cl)c43)c2=O)cc1. The first-order valence-electron chi connectivity index (χ1n) is 7.75. The molecule has 3 heterocycles. The van der Waals surface area contributed by atoms with E-state index in [0.29, 0.717) is 31.9 Å². The summed E-state index contributed by atoms with van der Waals surface area (Å²) >= 11 is 7.76. The molecule has 1 N–H and O–H groups in total. The minimum atomic E-state index is -0.142. The van der Waals surface area contributed by atoms with Crippen LogP contribution in [-0.2, 0) is 6.42 Å². The summed E-state index contributed by atoms with van der Waals surface area (Å²) in [6.45, 7) is 1.99. The van der Waals surface area contributed by atoms with Gasteiger partial charge in [-0.1, -0.05) is 29.3 Å². The third-order valence-electron chi connectivity index (χ3n) is 4.11. The molecule has 126 valence electrons. The molecule has 3 aromatic heterocycles. The van der Waals surface area contributed by atoms with E-state index in [-0.39, 0.29) is 12.2 Å². The summed E-state index contributed by atoms with van der Waals surface area (Å²) in [7, 11) is 0. The molecule has 0 unspecified atom stereocenters. The van der Waals surface area contributed by atoms with E-state index in [4.69, 9.17) is 16.7 Å². The number of thiophene rings is 1. The summed E-state index contributed by atoms with van der Waals surface area (Å²) in [5.74, 6) is 0. The van der Waals surface area contributed by atoms with Gasteiger partial charge in [0.2, 0.25) is 0 Å². The number of fused-ring (bicyclic) bond motifs is 3. The molecule has 7 heteroatoms. The molecular formula is C18H14ClN3O2S. The second kappa shape index (κ2) is 6.22. The topological polar surface area (TPSA) is 68.0 Å². The van der Waals surface area contributed by atoms with Crippen LogP contribution < -0.4 is 5.56 Å². The zero-order chi connectivity index (χ0) is 17.6. The Labute approximate surface area is 152 Å². The van der Waals surface area contributed by atoms with Gasteiger partial charge in [-0.2, -0.15) is 0 Å². The van der Waals surface area contributed by atoms with E-state index < -0.39 is 0 Å². The van der Waals surface area contributed by atoms with Crippen LogP contribution in [0.1, 0.15) is 11.1 Å². The third kappa shape index (κ3) is 2.63. The Balaban J connectivity index is 1.99. The molecule has 0 saturated carbocycles. The van der Waals surface area contributed by atoms with Crippen molar-refractivity contribution in [3.63, 3.8) is 0 Å². The van der Waals surface area contributed by atoms with Gasteiger partial charge in [0.15, 0.2) is 0 Å². The van der Waals surface area contributed by atoms with Gasteiger partial charge in [-0.05, 0) is 31.0 Å². The van der Waals surface area contributed by atoms with E-state index in [1.807, 2.05) is 31.2 Å². The highest BCUT2D eigenvalue weighted by molar-refractivity contribution is 7.25. The molecule has 0 saturated heterocycles. The Kier molecular flexibility index (Phi) is 4.03. The fourth-order valence-corrected chi connectivity index (χ4v) is 4.20. The number of halogens is 1. The lowest BCUT2D eigenvalue weighted by atomic mass is 10.1. The van der Waals surface area contributed by atoms with Crippen molar-refractivity contribution in [1.82, 2.24) is 14.5 Å². The maximum Gasteiger partial charge on any atom is 0.275 e. The highest BCUT2D eigenvalue weighted by Crippen LogP contribution is 2.36. The molecule has 25 heavy (non-hydrogen) atoms. The Morgan fingerprint density at radius 2 is 2.00 bits per heavy atom. The quantitative estimate of drug-likeness (QED) is 0.598. The molecule has 1 aromatic carbocycles. The monoisotopic (exact) mass is 371 g/mol. The van der Waals surface area contributed by atoms with Crippen LogP contribution >= 0.6 is 22.9 Å². The van der Waals surface area contributed by atoms with Crippen LogP contribution in [-0.4, -0.2) is 26.2 Å². The fourth-order valence-electron chi connectivity index (χ4n) is 2.78. The minimum Gasteiger partial charge on any atom is -0.396 e. The molecule has 0 atom stereocenters. The first-order valence-corrected chi connectivity index (χ1v) is 8.94. The lowest BCUT2D eigenvalue weighted by Gasteiger charge is -2.06. The van der Waals surface area contributed by atoms with Crippen LogP contribution in [0.15, 0.2) is 41.6 Å². The first-order chi connectivity index (χ1) is 12.1. The van der Waals surface area contributed by atoms with Gasteiger partial charge in [0.05, 0.1) is 21.6 Å². The van der Waals surface area contributed by atoms with Crippen LogP contribution in [0.3, 0.4) is 0 Å². The maximum atomic E-state index is 12.9. The van der Waals surface area contributed by atoms with Gasteiger partial charge in [-0.3, -0.25) is 9.36 Å². The molecule has 0 fully saturated rings. The number of aliphatic hydroxyl groups excluding tert-OH is 1. The van der Waals surface area contributed by atoms with Crippen LogP contribution in [0, 0.1) is 6.92 Å². The van der Waals surface area contributed by atoms with Gasteiger partial charge in [-0.25, -0.2) is 9.97 Å². The fraction of sp³-hybridized carbons (Fsp3) is 0.167. The summed E-state index contributed by atoms with van der Waals surface area (Å²) in [6.07, 6.45) is 3.59. The minimum absolute atomic E-state index is 0.0113. The molecule has 0 amide bonds. The molecule has 0 aliphatic rings. The zero-order valence-electron chi connectivity index (χ0n) is 13.4. The summed E-state index contributed by atoms with van der Waals surface area (Å²) in [4.78, 5) is 22.5. The van der Waals surface area contributed by atoms with Gasteiger partial charge in [0.1, 0.15) is 15.9 Å². The lowest BCUT2D eigenvalue weighted by Crippen LogP contribution is -2.17. The number of pyridine rings is 1. The number of aliphatic hydroxyl groups is 1. The Bertz CT molecular complexity index is 1150. The van der Waals surface area contributed by atoms with E-state index >= 15 is 0 Å². The van der Waals surface area contributed by atoms with Gasteiger partial charge in [-0.15, -0.1) is 11.3 Å². The van der Waals surface area contributed by atoms with E-state index in [0.717, 1.165) is 16.8 Å². The maximum absolute atomic E-state index is 12.9. The van der Waals surface area contributed by atoms with Crippen molar-refractivity contribution >= 4 is 43.4 Å². The van der Waals surface area contributed by atoms with Crippen molar-refractivity contribution in [1.29, 1.82) is 0 Å². The van der Waals surface area contributed by atoms with Gasteiger partial charge in [0.25, 0.3) is 5.56 Å². The summed E-state index contributed by atoms with van der Waals surface area (Å²) in [5.41, 5.74) is 3.06. The van der Waals surface area contributed by atoms with Crippen molar-refractivity contribution in [2.45, 2.75) is 13.3 Å². The molecule has 4 rings (SSSR count). The number of benzene rings is 1. The van der Waals surface area contributed by atoms with Crippen molar-refractivity contribution in [3.05, 3.63) is 63.3 Å². The number of hydrogen-bond donors (Lipinski definition) is 1. The summed E-state index contributed by atoms with van der Waals surface area (Å²) in [5, 5.41) is 10.3. The van der Waals surface area contributed by atoms with Crippen LogP contribution in [0.25, 0.3) is 26.1 Å². The van der Waals surface area contributed by atoms with E-state index in [2.05, 4.69) is 9.97 Å². The number of aromatic nitrogens is 3. The molecule has 0 aliphatic carbocycles. The Morgan fingerprint density at radius 1 is 1.24 bits per heavy atom. The molecule has 0 spiro atoms.